The second-order valence-electron chi connectivity index (χ2n) is 5.50. The van der Waals surface area contributed by atoms with E-state index >= 15 is 0 Å². The molecule has 1 aromatic heterocycles. The molecule has 4 rings (SSSR count). The standard InChI is InChI=1S/C18H14N4O/c1-12-11-16(23)22(21-12)18-15-10-6-5-9-14(15)17(19-20-18)13-7-3-2-4-8-13/h2-10H,11H2,1H3. The Labute approximate surface area is 133 Å². The van der Waals surface area contributed by atoms with E-state index in [9.17, 15) is 4.79 Å². The van der Waals surface area contributed by atoms with Crippen LogP contribution < -0.4 is 5.01 Å². The molecule has 0 spiro atoms. The summed E-state index contributed by atoms with van der Waals surface area (Å²) in [5, 5.41) is 16.1. The normalized spacial score (nSPS) is 14.4. The third-order valence-corrected chi connectivity index (χ3v) is 3.83. The van der Waals surface area contributed by atoms with Crippen molar-refractivity contribution in [3.8, 4) is 11.3 Å². The summed E-state index contributed by atoms with van der Waals surface area (Å²) in [4.78, 5) is 12.1. The zero-order valence-electron chi connectivity index (χ0n) is 12.6. The molecule has 3 aromatic rings. The van der Waals surface area contributed by atoms with Crippen molar-refractivity contribution in [3.05, 3.63) is 54.6 Å². The summed E-state index contributed by atoms with van der Waals surface area (Å²) in [6.07, 6.45) is 0.330. The monoisotopic (exact) mass is 302 g/mol. The fraction of sp³-hybridized carbons (Fsp3) is 0.111. The summed E-state index contributed by atoms with van der Waals surface area (Å²) < 4.78 is 0. The first-order chi connectivity index (χ1) is 11.2. The van der Waals surface area contributed by atoms with Crippen molar-refractivity contribution < 1.29 is 4.79 Å². The number of anilines is 1. The summed E-state index contributed by atoms with van der Waals surface area (Å²) in [5.41, 5.74) is 2.58. The zero-order chi connectivity index (χ0) is 15.8. The summed E-state index contributed by atoms with van der Waals surface area (Å²) in [6.45, 7) is 1.84. The Hall–Kier alpha value is -3.08. The van der Waals surface area contributed by atoms with Crippen LogP contribution in [0.2, 0.25) is 0 Å². The van der Waals surface area contributed by atoms with E-state index in [4.69, 9.17) is 0 Å². The van der Waals surface area contributed by atoms with Crippen molar-refractivity contribution in [2.24, 2.45) is 5.10 Å². The number of carbonyl (C=O) groups is 1. The molecule has 0 aliphatic carbocycles. The van der Waals surface area contributed by atoms with Gasteiger partial charge in [0.1, 0.15) is 5.69 Å². The molecule has 0 bridgehead atoms. The number of carbonyl (C=O) groups excluding carboxylic acids is 1. The van der Waals surface area contributed by atoms with Gasteiger partial charge >= 0.3 is 0 Å². The summed E-state index contributed by atoms with van der Waals surface area (Å²) in [5.74, 6) is 0.413. The minimum Gasteiger partial charge on any atom is -0.272 e. The van der Waals surface area contributed by atoms with Gasteiger partial charge in [0, 0.05) is 22.0 Å². The first-order valence-corrected chi connectivity index (χ1v) is 7.42. The van der Waals surface area contributed by atoms with Crippen LogP contribution in [-0.4, -0.2) is 21.8 Å². The van der Waals surface area contributed by atoms with Crippen LogP contribution in [0.1, 0.15) is 13.3 Å². The van der Waals surface area contributed by atoms with Gasteiger partial charge in [0.25, 0.3) is 5.91 Å². The Kier molecular flexibility index (Phi) is 3.12. The average molecular weight is 302 g/mol. The molecule has 0 fully saturated rings. The van der Waals surface area contributed by atoms with Gasteiger partial charge in [-0.25, -0.2) is 0 Å². The van der Waals surface area contributed by atoms with Crippen LogP contribution in [0.5, 0.6) is 0 Å². The Morgan fingerprint density at radius 3 is 2.30 bits per heavy atom. The van der Waals surface area contributed by atoms with Crippen molar-refractivity contribution in [1.82, 2.24) is 10.2 Å². The molecule has 2 heterocycles. The summed E-state index contributed by atoms with van der Waals surface area (Å²) >= 11 is 0. The fourth-order valence-corrected chi connectivity index (χ4v) is 2.78. The molecule has 0 saturated carbocycles. The zero-order valence-corrected chi connectivity index (χ0v) is 12.6. The molecule has 5 nitrogen and oxygen atoms in total. The van der Waals surface area contributed by atoms with Crippen LogP contribution in [0.3, 0.4) is 0 Å². The largest absolute Gasteiger partial charge is 0.272 e. The minimum atomic E-state index is -0.0746. The lowest BCUT2D eigenvalue weighted by atomic mass is 10.0. The summed E-state index contributed by atoms with van der Waals surface area (Å²) in [7, 11) is 0. The topological polar surface area (TPSA) is 58.5 Å². The smallest absolute Gasteiger partial charge is 0.254 e. The molecule has 0 atom stereocenters. The lowest BCUT2D eigenvalue weighted by molar-refractivity contribution is -0.116. The number of aromatic nitrogens is 2. The van der Waals surface area contributed by atoms with E-state index in [2.05, 4.69) is 15.3 Å². The number of nitrogens with zero attached hydrogens (tertiary/aromatic N) is 4. The SMILES string of the molecule is CC1=NN(c2nnc(-c3ccccc3)c3ccccc23)C(=O)C1. The van der Waals surface area contributed by atoms with Gasteiger partial charge < -0.3 is 0 Å². The lowest BCUT2D eigenvalue weighted by Crippen LogP contribution is -2.21. The van der Waals surface area contributed by atoms with Gasteiger partial charge in [0.2, 0.25) is 0 Å². The maximum absolute atomic E-state index is 12.1. The van der Waals surface area contributed by atoms with Gasteiger partial charge in [-0.2, -0.15) is 10.1 Å². The quantitative estimate of drug-likeness (QED) is 0.729. The van der Waals surface area contributed by atoms with E-state index in [-0.39, 0.29) is 5.91 Å². The first-order valence-electron chi connectivity index (χ1n) is 7.42. The van der Waals surface area contributed by atoms with E-state index in [1.807, 2.05) is 61.5 Å². The van der Waals surface area contributed by atoms with Gasteiger partial charge in [0.05, 0.1) is 6.42 Å². The third-order valence-electron chi connectivity index (χ3n) is 3.83. The van der Waals surface area contributed by atoms with Crippen molar-refractivity contribution in [2.75, 3.05) is 5.01 Å². The fourth-order valence-electron chi connectivity index (χ4n) is 2.78. The highest BCUT2D eigenvalue weighted by molar-refractivity contribution is 6.15. The van der Waals surface area contributed by atoms with Gasteiger partial charge in [-0.05, 0) is 6.92 Å². The van der Waals surface area contributed by atoms with Gasteiger partial charge in [0.15, 0.2) is 5.82 Å². The summed E-state index contributed by atoms with van der Waals surface area (Å²) in [6, 6.07) is 17.7. The number of hydrazone groups is 1. The molecule has 0 saturated heterocycles. The maximum Gasteiger partial charge on any atom is 0.254 e. The molecule has 0 radical (unpaired) electrons. The molecule has 0 N–H and O–H groups in total. The Bertz CT molecular complexity index is 934. The maximum atomic E-state index is 12.1. The molecule has 0 unspecified atom stereocenters. The lowest BCUT2D eigenvalue weighted by Gasteiger charge is -2.14. The van der Waals surface area contributed by atoms with Crippen molar-refractivity contribution in [2.45, 2.75) is 13.3 Å². The van der Waals surface area contributed by atoms with E-state index in [0.29, 0.717) is 12.2 Å². The Morgan fingerprint density at radius 2 is 1.61 bits per heavy atom. The molecule has 23 heavy (non-hydrogen) atoms. The first kappa shape index (κ1) is 13.6. The van der Waals surface area contributed by atoms with Crippen LogP contribution in [-0.2, 0) is 4.79 Å². The molecule has 1 amide bonds. The van der Waals surface area contributed by atoms with Crippen LogP contribution in [0.25, 0.3) is 22.0 Å². The van der Waals surface area contributed by atoms with Gasteiger partial charge in [-0.1, -0.05) is 54.6 Å². The van der Waals surface area contributed by atoms with Crippen LogP contribution in [0.4, 0.5) is 5.82 Å². The van der Waals surface area contributed by atoms with Crippen molar-refractivity contribution >= 4 is 28.2 Å². The molecule has 1 aliphatic heterocycles. The van der Waals surface area contributed by atoms with Crippen molar-refractivity contribution in [3.63, 3.8) is 0 Å². The Balaban J connectivity index is 1.95. The highest BCUT2D eigenvalue weighted by Gasteiger charge is 2.26. The predicted molar refractivity (Wildman–Crippen MR) is 90.2 cm³/mol. The molecule has 2 aromatic carbocycles. The highest BCUT2D eigenvalue weighted by Crippen LogP contribution is 2.32. The average Bonchev–Trinajstić information content (AvgIpc) is 2.93. The van der Waals surface area contributed by atoms with Crippen LogP contribution >= 0.6 is 0 Å². The van der Waals surface area contributed by atoms with Crippen molar-refractivity contribution in [1.29, 1.82) is 0 Å². The van der Waals surface area contributed by atoms with E-state index in [1.165, 1.54) is 5.01 Å². The number of amides is 1. The molecular formula is C18H14N4O. The molecule has 5 heteroatoms. The number of hydrogen-bond donors (Lipinski definition) is 0. The second kappa shape index (κ2) is 5.28. The second-order valence-corrected chi connectivity index (χ2v) is 5.50. The number of fused-ring (bicyclic) bond motifs is 1. The number of benzene rings is 2. The van der Waals surface area contributed by atoms with E-state index in [1.54, 1.807) is 0 Å². The molecular weight excluding hydrogens is 288 g/mol. The van der Waals surface area contributed by atoms with Gasteiger partial charge in [-0.3, -0.25) is 4.79 Å². The number of hydrogen-bond acceptors (Lipinski definition) is 4. The predicted octanol–water partition coefficient (Wildman–Crippen LogP) is 3.41. The van der Waals surface area contributed by atoms with Crippen LogP contribution in [0, 0.1) is 0 Å². The van der Waals surface area contributed by atoms with Gasteiger partial charge in [-0.15, -0.1) is 10.2 Å². The van der Waals surface area contributed by atoms with E-state index in [0.717, 1.165) is 27.7 Å². The minimum absolute atomic E-state index is 0.0746. The third kappa shape index (κ3) is 2.26. The highest BCUT2D eigenvalue weighted by atomic mass is 16.2. The number of rotatable bonds is 2. The molecule has 112 valence electrons. The Morgan fingerprint density at radius 1 is 0.913 bits per heavy atom. The van der Waals surface area contributed by atoms with Crippen LogP contribution in [0.15, 0.2) is 59.7 Å². The molecule has 1 aliphatic rings. The van der Waals surface area contributed by atoms with E-state index < -0.39 is 0 Å².